The van der Waals surface area contributed by atoms with Crippen molar-refractivity contribution in [2.24, 2.45) is 5.92 Å². The molecule has 1 aromatic heterocycles. The van der Waals surface area contributed by atoms with Crippen LogP contribution in [-0.4, -0.2) is 22.5 Å². The number of fused-ring (bicyclic) bond motifs is 1. The van der Waals surface area contributed by atoms with Gasteiger partial charge in [0.25, 0.3) is 0 Å². The Hall–Kier alpha value is -2.91. The van der Waals surface area contributed by atoms with Gasteiger partial charge >= 0.3 is 6.09 Å². The number of hydrogen-bond acceptors (Lipinski definition) is 4. The standard InChI is InChI=1S/C27H29N3O2S/c1-3-33-22-13-14-23-24(16-28)26(30(25(23)15-22)21-5-4-6-21)19-9-11-20(12-10-19)29-27(31)32-17(2)18-7-8-18/h9-15,17-18,21H,3-8H2,1-2H3,(H,29,31). The fourth-order valence-electron chi connectivity index (χ4n) is 4.66. The Bertz CT molecular complexity index is 1220. The maximum Gasteiger partial charge on any atom is 0.411 e. The molecule has 2 aliphatic carbocycles. The molecule has 1 amide bonds. The molecule has 33 heavy (non-hydrogen) atoms. The number of aromatic nitrogens is 1. The molecule has 0 aliphatic heterocycles. The van der Waals surface area contributed by atoms with E-state index in [9.17, 15) is 10.1 Å². The lowest BCUT2D eigenvalue weighted by atomic mass is 9.92. The summed E-state index contributed by atoms with van der Waals surface area (Å²) in [5.74, 6) is 1.52. The van der Waals surface area contributed by atoms with Crippen molar-refractivity contribution < 1.29 is 9.53 Å². The molecule has 3 aromatic rings. The van der Waals surface area contributed by atoms with Gasteiger partial charge in [0.05, 0.1) is 16.8 Å². The maximum atomic E-state index is 12.2. The Labute approximate surface area is 199 Å². The van der Waals surface area contributed by atoms with Gasteiger partial charge in [-0.1, -0.05) is 25.1 Å². The first kappa shape index (κ1) is 21.9. The molecule has 2 aromatic carbocycles. The fraction of sp³-hybridized carbons (Fsp3) is 0.407. The molecule has 170 valence electrons. The minimum absolute atomic E-state index is 0.0450. The molecule has 5 rings (SSSR count). The van der Waals surface area contributed by atoms with Gasteiger partial charge in [0.1, 0.15) is 12.2 Å². The van der Waals surface area contributed by atoms with Crippen molar-refractivity contribution in [3.05, 3.63) is 48.0 Å². The number of benzene rings is 2. The van der Waals surface area contributed by atoms with E-state index in [1.807, 2.05) is 43.0 Å². The lowest BCUT2D eigenvalue weighted by Gasteiger charge is -2.30. The summed E-state index contributed by atoms with van der Waals surface area (Å²) in [5.41, 5.74) is 4.53. The molecule has 1 unspecified atom stereocenters. The van der Waals surface area contributed by atoms with E-state index in [4.69, 9.17) is 4.74 Å². The van der Waals surface area contributed by atoms with Crippen molar-refractivity contribution >= 4 is 34.4 Å². The molecule has 0 saturated heterocycles. The van der Waals surface area contributed by atoms with Crippen molar-refractivity contribution in [2.45, 2.75) is 63.0 Å². The van der Waals surface area contributed by atoms with Gasteiger partial charge in [0, 0.05) is 22.0 Å². The van der Waals surface area contributed by atoms with Crippen molar-refractivity contribution in [1.29, 1.82) is 5.26 Å². The van der Waals surface area contributed by atoms with E-state index in [0.29, 0.717) is 17.6 Å². The van der Waals surface area contributed by atoms with Crippen molar-refractivity contribution in [3.8, 4) is 17.3 Å². The summed E-state index contributed by atoms with van der Waals surface area (Å²) in [7, 11) is 0. The van der Waals surface area contributed by atoms with Crippen LogP contribution in [0.25, 0.3) is 22.2 Å². The van der Waals surface area contributed by atoms with Crippen LogP contribution >= 0.6 is 11.8 Å². The zero-order valence-corrected chi connectivity index (χ0v) is 20.0. The number of rotatable bonds is 7. The van der Waals surface area contributed by atoms with Crippen LogP contribution in [0, 0.1) is 17.2 Å². The zero-order chi connectivity index (χ0) is 22.9. The van der Waals surface area contributed by atoms with Crippen LogP contribution in [0.2, 0.25) is 0 Å². The van der Waals surface area contributed by atoms with E-state index >= 15 is 0 Å². The number of anilines is 1. The second-order valence-corrected chi connectivity index (χ2v) is 10.4. The summed E-state index contributed by atoms with van der Waals surface area (Å²) in [6.07, 6.45) is 5.31. The van der Waals surface area contributed by atoms with Crippen LogP contribution in [0.4, 0.5) is 10.5 Å². The number of nitrogens with zero attached hydrogens (tertiary/aromatic N) is 2. The lowest BCUT2D eigenvalue weighted by Crippen LogP contribution is -2.21. The average Bonchev–Trinajstić information content (AvgIpc) is 3.57. The number of carbonyl (C=O) groups excluding carboxylic acids is 1. The highest BCUT2D eigenvalue weighted by atomic mass is 32.2. The van der Waals surface area contributed by atoms with Gasteiger partial charge in [-0.2, -0.15) is 5.26 Å². The van der Waals surface area contributed by atoms with Gasteiger partial charge < -0.3 is 9.30 Å². The molecule has 5 nitrogen and oxygen atoms in total. The quantitative estimate of drug-likeness (QED) is 0.375. The predicted molar refractivity (Wildman–Crippen MR) is 134 cm³/mol. The first-order valence-electron chi connectivity index (χ1n) is 11.9. The highest BCUT2D eigenvalue weighted by Gasteiger charge is 2.31. The SMILES string of the molecule is CCSc1ccc2c(C#N)c(-c3ccc(NC(=O)OC(C)C4CC4)cc3)n(C3CCC3)c2c1. The summed E-state index contributed by atoms with van der Waals surface area (Å²) < 4.78 is 7.85. The molecule has 1 N–H and O–H groups in total. The summed E-state index contributed by atoms with van der Waals surface area (Å²) in [6.45, 7) is 4.11. The Morgan fingerprint density at radius 3 is 2.58 bits per heavy atom. The molecule has 0 radical (unpaired) electrons. The highest BCUT2D eigenvalue weighted by molar-refractivity contribution is 7.99. The predicted octanol–water partition coefficient (Wildman–Crippen LogP) is 7.36. The average molecular weight is 460 g/mol. The molecule has 2 saturated carbocycles. The molecular weight excluding hydrogens is 430 g/mol. The maximum absolute atomic E-state index is 12.2. The molecular formula is C27H29N3O2S. The fourth-order valence-corrected chi connectivity index (χ4v) is 5.35. The molecule has 1 heterocycles. The Morgan fingerprint density at radius 1 is 1.21 bits per heavy atom. The van der Waals surface area contributed by atoms with E-state index in [2.05, 4.69) is 41.1 Å². The van der Waals surface area contributed by atoms with E-state index < -0.39 is 6.09 Å². The number of hydrogen-bond donors (Lipinski definition) is 1. The van der Waals surface area contributed by atoms with Gasteiger partial charge in [-0.3, -0.25) is 5.32 Å². The van der Waals surface area contributed by atoms with Crippen LogP contribution in [0.5, 0.6) is 0 Å². The third-order valence-corrected chi connectivity index (χ3v) is 7.70. The number of amides is 1. The number of ether oxygens (including phenoxy) is 1. The minimum Gasteiger partial charge on any atom is -0.446 e. The third-order valence-electron chi connectivity index (χ3n) is 6.82. The van der Waals surface area contributed by atoms with Crippen LogP contribution in [0.15, 0.2) is 47.4 Å². The first-order valence-corrected chi connectivity index (χ1v) is 12.9. The normalized spacial score (nSPS) is 16.8. The Kier molecular flexibility index (Phi) is 6.07. The van der Waals surface area contributed by atoms with E-state index in [-0.39, 0.29) is 6.10 Å². The van der Waals surface area contributed by atoms with E-state index in [1.54, 1.807) is 0 Å². The number of nitrogens with one attached hydrogen (secondary N) is 1. The molecule has 2 fully saturated rings. The molecule has 0 bridgehead atoms. The second kappa shape index (κ2) is 9.15. The summed E-state index contributed by atoms with van der Waals surface area (Å²) >= 11 is 1.82. The number of thioether (sulfide) groups is 1. The van der Waals surface area contributed by atoms with Crippen molar-refractivity contribution in [1.82, 2.24) is 4.57 Å². The minimum atomic E-state index is -0.413. The van der Waals surface area contributed by atoms with Gasteiger partial charge in [-0.25, -0.2) is 4.79 Å². The third kappa shape index (κ3) is 4.35. The number of nitriles is 1. The summed E-state index contributed by atoms with van der Waals surface area (Å²) in [5, 5.41) is 13.9. The van der Waals surface area contributed by atoms with E-state index in [0.717, 1.165) is 59.2 Å². The van der Waals surface area contributed by atoms with Gasteiger partial charge in [-0.15, -0.1) is 11.8 Å². The van der Waals surface area contributed by atoms with Crippen LogP contribution in [-0.2, 0) is 4.74 Å². The zero-order valence-electron chi connectivity index (χ0n) is 19.1. The Morgan fingerprint density at radius 2 is 1.97 bits per heavy atom. The van der Waals surface area contributed by atoms with Crippen molar-refractivity contribution in [2.75, 3.05) is 11.1 Å². The van der Waals surface area contributed by atoms with Crippen molar-refractivity contribution in [3.63, 3.8) is 0 Å². The summed E-state index contributed by atoms with van der Waals surface area (Å²) in [6, 6.07) is 17.1. The van der Waals surface area contributed by atoms with Gasteiger partial charge in [-0.05, 0) is 80.5 Å². The van der Waals surface area contributed by atoms with Gasteiger partial charge in [0.2, 0.25) is 0 Å². The van der Waals surface area contributed by atoms with Gasteiger partial charge in [0.15, 0.2) is 0 Å². The largest absolute Gasteiger partial charge is 0.446 e. The van der Waals surface area contributed by atoms with Crippen LogP contribution in [0.1, 0.15) is 57.6 Å². The molecule has 1 atom stereocenters. The van der Waals surface area contributed by atoms with Crippen LogP contribution in [0.3, 0.4) is 0 Å². The Balaban J connectivity index is 1.48. The molecule has 2 aliphatic rings. The number of carbonyl (C=O) groups is 1. The van der Waals surface area contributed by atoms with E-state index in [1.165, 1.54) is 11.3 Å². The van der Waals surface area contributed by atoms with Crippen LogP contribution < -0.4 is 5.32 Å². The first-order chi connectivity index (χ1) is 16.1. The topological polar surface area (TPSA) is 67.1 Å². The second-order valence-electron chi connectivity index (χ2n) is 9.05. The monoisotopic (exact) mass is 459 g/mol. The lowest BCUT2D eigenvalue weighted by molar-refractivity contribution is 0.108. The summed E-state index contributed by atoms with van der Waals surface area (Å²) in [4.78, 5) is 13.5. The highest BCUT2D eigenvalue weighted by Crippen LogP contribution is 2.43. The molecule has 0 spiro atoms. The molecule has 6 heteroatoms. The smallest absolute Gasteiger partial charge is 0.411 e.